The van der Waals surface area contributed by atoms with Crippen LogP contribution in [0.5, 0.6) is 0 Å². The van der Waals surface area contributed by atoms with Crippen LogP contribution in [0.4, 0.5) is 0 Å². The Morgan fingerprint density at radius 3 is 1.25 bits per heavy atom. The van der Waals surface area contributed by atoms with Crippen LogP contribution in [0.1, 0.15) is 0 Å². The molecule has 0 aromatic heterocycles. The molecule has 0 aromatic carbocycles. The summed E-state index contributed by atoms with van der Waals surface area (Å²) in [6.45, 7) is 0. The Morgan fingerprint density at radius 2 is 1.25 bits per heavy atom. The standard InChI is InChI=1S/Al.Cu.H3Si.Sn.4H/h;;1H3;;;;;. The zero-order valence-corrected chi connectivity index (χ0v) is 8.12. The topological polar surface area (TPSA) is 0 Å². The first-order valence-electron chi connectivity index (χ1n) is 0.577. The van der Waals surface area contributed by atoms with Crippen LogP contribution in [-0.4, -0.2) is 46.8 Å². The van der Waals surface area contributed by atoms with Crippen molar-refractivity contribution in [2.45, 2.75) is 0 Å². The number of hydrogen-bond acceptors (Lipinski definition) is 0. The Bertz CT molecular complexity index is 8.00. The van der Waals surface area contributed by atoms with Gasteiger partial charge in [0.15, 0.2) is 17.4 Å². The first-order chi connectivity index (χ1) is 1.00. The zero-order chi connectivity index (χ0) is 2.00. The van der Waals surface area contributed by atoms with Crippen LogP contribution in [0.25, 0.3) is 0 Å². The van der Waals surface area contributed by atoms with Gasteiger partial charge in [-0.15, -0.1) is 0 Å². The second kappa shape index (κ2) is 19.6. The summed E-state index contributed by atoms with van der Waals surface area (Å²) in [4.78, 5) is 0. The molecule has 4 heteroatoms. The van der Waals surface area contributed by atoms with Gasteiger partial charge >= 0.3 is 29.5 Å². The van der Waals surface area contributed by atoms with E-state index in [9.17, 15) is 0 Å². The molecule has 0 aliphatic heterocycles. The molecular formula is H7AlCuSiSn. The molecule has 0 aromatic rings. The molecule has 0 amide bonds. The quantitative estimate of drug-likeness (QED) is 0.398. The van der Waals surface area contributed by atoms with E-state index in [0.29, 0.717) is 0 Å². The molecule has 3 radical (unpaired) electrons. The van der Waals surface area contributed by atoms with Crippen molar-refractivity contribution in [3.8, 4) is 0 Å². The van der Waals surface area contributed by atoms with Crippen molar-refractivity contribution >= 4 is 46.8 Å². The molecule has 0 aliphatic rings. The van der Waals surface area contributed by atoms with Crippen molar-refractivity contribution in [2.24, 2.45) is 0 Å². The fourth-order valence-corrected chi connectivity index (χ4v) is 0. The van der Waals surface area contributed by atoms with E-state index < -0.39 is 0 Å². The second-order valence-corrected chi connectivity index (χ2v) is 0. The summed E-state index contributed by atoms with van der Waals surface area (Å²) in [5, 5.41) is 0. The Labute approximate surface area is 63.3 Å². The van der Waals surface area contributed by atoms with Gasteiger partial charge in [-0.25, -0.2) is 0 Å². The summed E-state index contributed by atoms with van der Waals surface area (Å²) in [5.74, 6) is 0. The van der Waals surface area contributed by atoms with E-state index in [4.69, 9.17) is 0 Å². The van der Waals surface area contributed by atoms with E-state index in [0.717, 1.165) is 0 Å². The molecule has 0 N–H and O–H groups in total. The van der Waals surface area contributed by atoms with Crippen LogP contribution in [0.15, 0.2) is 0 Å². The fourth-order valence-electron chi connectivity index (χ4n) is 0. The molecule has 0 atom stereocenters. The van der Waals surface area contributed by atoms with Crippen LogP contribution in [0.3, 0.4) is 0 Å². The van der Waals surface area contributed by atoms with Crippen molar-refractivity contribution in [3.63, 3.8) is 0 Å². The molecule has 0 unspecified atom stereocenters. The predicted octanol–water partition coefficient (Wildman–Crippen LogP) is -3.02. The van der Waals surface area contributed by atoms with Crippen molar-refractivity contribution in [3.05, 3.63) is 0 Å². The van der Waals surface area contributed by atoms with Gasteiger partial charge in [0.1, 0.15) is 0 Å². The van der Waals surface area contributed by atoms with Crippen molar-refractivity contribution in [2.75, 3.05) is 0 Å². The molecule has 4 heavy (non-hydrogen) atoms. The molecular weight excluding hydrogens is 237 g/mol. The summed E-state index contributed by atoms with van der Waals surface area (Å²) in [6, 6.07) is 0. The average molecular weight is 244 g/mol. The maximum atomic E-state index is 1.49. The first-order valence-corrected chi connectivity index (χ1v) is 11.6. The Balaban J connectivity index is -0.00000000500. The predicted molar refractivity (Wildman–Crippen MR) is 27.0 cm³/mol. The monoisotopic (exact) mass is 245 g/mol. The Morgan fingerprint density at radius 1 is 1.25 bits per heavy atom. The van der Waals surface area contributed by atoms with Crippen molar-refractivity contribution < 1.29 is 17.1 Å². The van der Waals surface area contributed by atoms with Gasteiger partial charge in [0, 0.05) is 17.1 Å². The zero-order valence-electron chi connectivity index (χ0n) is 1.88. The SMILES string of the molecule is [AlH3].[Cu].[SiH3][SnH]. The third-order valence-electron chi connectivity index (χ3n) is 0. The van der Waals surface area contributed by atoms with Crippen molar-refractivity contribution in [1.82, 2.24) is 0 Å². The van der Waals surface area contributed by atoms with Crippen LogP contribution in [-0.2, 0) is 17.1 Å². The number of rotatable bonds is 0. The average Bonchev–Trinajstić information content (AvgIpc) is 1.00. The molecule has 0 saturated carbocycles. The van der Waals surface area contributed by atoms with Crippen LogP contribution in [0.2, 0.25) is 0 Å². The van der Waals surface area contributed by atoms with Gasteiger partial charge in [0.05, 0.1) is 0 Å². The molecule has 0 bridgehead atoms. The molecule has 0 aliphatic carbocycles. The molecule has 0 heterocycles. The minimum absolute atomic E-state index is 0. The van der Waals surface area contributed by atoms with Gasteiger partial charge in [-0.2, -0.15) is 0 Å². The van der Waals surface area contributed by atoms with Gasteiger partial charge in [-0.1, -0.05) is 0 Å². The van der Waals surface area contributed by atoms with Gasteiger partial charge < -0.3 is 0 Å². The summed E-state index contributed by atoms with van der Waals surface area (Å²) < 4.78 is 0. The molecule has 0 fully saturated rings. The van der Waals surface area contributed by atoms with Gasteiger partial charge in [-0.3, -0.25) is 0 Å². The summed E-state index contributed by atoms with van der Waals surface area (Å²) in [6.07, 6.45) is 0. The molecule has 29 valence electrons. The molecule has 0 rings (SSSR count). The molecule has 0 spiro atoms. The summed E-state index contributed by atoms with van der Waals surface area (Å²) in [5.41, 5.74) is 0. The van der Waals surface area contributed by atoms with Gasteiger partial charge in [-0.05, 0) is 0 Å². The van der Waals surface area contributed by atoms with E-state index in [-0.39, 0.29) is 34.4 Å². The van der Waals surface area contributed by atoms with E-state index >= 15 is 0 Å². The molecule has 0 nitrogen and oxygen atoms in total. The summed E-state index contributed by atoms with van der Waals surface area (Å²) >= 11 is 1.49. The maximum absolute atomic E-state index is 1.49. The third kappa shape index (κ3) is 8.95. The van der Waals surface area contributed by atoms with Crippen LogP contribution >= 0.6 is 0 Å². The van der Waals surface area contributed by atoms with E-state index in [1.165, 1.54) is 29.5 Å². The first kappa shape index (κ1) is 16.6. The van der Waals surface area contributed by atoms with E-state index in [2.05, 4.69) is 0 Å². The van der Waals surface area contributed by atoms with Gasteiger partial charge in [0.25, 0.3) is 0 Å². The summed E-state index contributed by atoms with van der Waals surface area (Å²) in [7, 11) is 1.44. The van der Waals surface area contributed by atoms with Crippen LogP contribution < -0.4 is 0 Å². The Kier molecular flexibility index (Phi) is 81.2. The fraction of sp³-hybridized carbons (Fsp3) is 0. The second-order valence-electron chi connectivity index (χ2n) is 0. The number of hydrogen-bond donors (Lipinski definition) is 0. The van der Waals surface area contributed by atoms with E-state index in [1.807, 2.05) is 0 Å². The van der Waals surface area contributed by atoms with Crippen LogP contribution in [0, 0.1) is 0 Å². The Hall–Kier alpha value is 2.07. The minimum atomic E-state index is 0. The third-order valence-corrected chi connectivity index (χ3v) is 0. The normalized spacial score (nSPS) is 2.25. The molecule has 0 saturated heterocycles. The van der Waals surface area contributed by atoms with Crippen molar-refractivity contribution in [1.29, 1.82) is 0 Å². The van der Waals surface area contributed by atoms with E-state index in [1.54, 1.807) is 0 Å². The van der Waals surface area contributed by atoms with Gasteiger partial charge in [0.2, 0.25) is 0 Å².